The Morgan fingerprint density at radius 2 is 1.86 bits per heavy atom. The number of amides is 2. The number of nitriles is 1. The molecule has 2 N–H and O–H groups in total. The lowest BCUT2D eigenvalue weighted by Gasteiger charge is -2.11. The minimum atomic E-state index is -0.723. The standard InChI is InChI=1S/C26H27N5O5/c1-5-28-23(32)16-36-21-12-11-18(14-22(21)35-4)13-19(15-27)25(33)29-24-17(2)30(3)31(26(24)34)20-9-7-6-8-10-20/h6-14H,5,16H2,1-4H3,(H,28,32)(H,29,33)/b19-13+. The van der Waals surface area contributed by atoms with Gasteiger partial charge in [0, 0.05) is 13.6 Å². The van der Waals surface area contributed by atoms with Crippen LogP contribution in [-0.4, -0.2) is 41.4 Å². The van der Waals surface area contributed by atoms with Crippen LogP contribution in [-0.2, 0) is 16.6 Å². The molecule has 3 aromatic rings. The quantitative estimate of drug-likeness (QED) is 0.351. The van der Waals surface area contributed by atoms with Crippen LogP contribution < -0.4 is 25.7 Å². The number of para-hydroxylation sites is 1. The molecule has 0 aliphatic rings. The zero-order chi connectivity index (χ0) is 26.2. The highest BCUT2D eigenvalue weighted by atomic mass is 16.5. The van der Waals surface area contributed by atoms with Crippen molar-refractivity contribution in [1.82, 2.24) is 14.7 Å². The van der Waals surface area contributed by atoms with E-state index in [0.717, 1.165) is 0 Å². The van der Waals surface area contributed by atoms with Crippen molar-refractivity contribution in [2.45, 2.75) is 13.8 Å². The Labute approximate surface area is 208 Å². The zero-order valence-electron chi connectivity index (χ0n) is 20.5. The third kappa shape index (κ3) is 5.64. The summed E-state index contributed by atoms with van der Waals surface area (Å²) in [6, 6.07) is 15.7. The van der Waals surface area contributed by atoms with Gasteiger partial charge in [-0.2, -0.15) is 5.26 Å². The number of ether oxygens (including phenoxy) is 2. The second kappa shape index (κ2) is 11.6. The van der Waals surface area contributed by atoms with Gasteiger partial charge in [0.1, 0.15) is 17.3 Å². The molecule has 1 aromatic heterocycles. The van der Waals surface area contributed by atoms with Gasteiger partial charge in [0.25, 0.3) is 17.4 Å². The fourth-order valence-corrected chi connectivity index (χ4v) is 3.49. The first-order valence-electron chi connectivity index (χ1n) is 11.1. The van der Waals surface area contributed by atoms with Crippen molar-refractivity contribution in [3.05, 3.63) is 75.7 Å². The van der Waals surface area contributed by atoms with Gasteiger partial charge in [0.15, 0.2) is 18.1 Å². The first kappa shape index (κ1) is 25.8. The van der Waals surface area contributed by atoms with E-state index < -0.39 is 11.5 Å². The van der Waals surface area contributed by atoms with Crippen LogP contribution in [0.1, 0.15) is 18.2 Å². The molecule has 0 unspecified atom stereocenters. The summed E-state index contributed by atoms with van der Waals surface area (Å²) in [4.78, 5) is 37.6. The molecule has 0 atom stereocenters. The zero-order valence-corrected chi connectivity index (χ0v) is 20.5. The van der Waals surface area contributed by atoms with Gasteiger partial charge in [-0.15, -0.1) is 0 Å². The fraction of sp³-hybridized carbons (Fsp3) is 0.231. The number of carbonyl (C=O) groups excluding carboxylic acids is 2. The highest BCUT2D eigenvalue weighted by Crippen LogP contribution is 2.29. The smallest absolute Gasteiger partial charge is 0.295 e. The largest absolute Gasteiger partial charge is 0.493 e. The Hall–Kier alpha value is -4.78. The summed E-state index contributed by atoms with van der Waals surface area (Å²) in [5.41, 5.74) is 1.13. The molecule has 0 radical (unpaired) electrons. The van der Waals surface area contributed by atoms with Crippen molar-refractivity contribution < 1.29 is 19.1 Å². The minimum absolute atomic E-state index is 0.0826. The van der Waals surface area contributed by atoms with Gasteiger partial charge in [-0.1, -0.05) is 24.3 Å². The predicted octanol–water partition coefficient (Wildman–Crippen LogP) is 2.55. The van der Waals surface area contributed by atoms with E-state index in [1.807, 2.05) is 24.3 Å². The number of aromatic nitrogens is 2. The van der Waals surface area contributed by atoms with Crippen LogP contribution in [0.25, 0.3) is 11.8 Å². The Kier molecular flexibility index (Phi) is 8.30. The number of anilines is 1. The van der Waals surface area contributed by atoms with Crippen molar-refractivity contribution >= 4 is 23.6 Å². The van der Waals surface area contributed by atoms with Crippen molar-refractivity contribution in [3.63, 3.8) is 0 Å². The number of nitrogens with zero attached hydrogens (tertiary/aromatic N) is 3. The Balaban J connectivity index is 1.85. The number of carbonyl (C=O) groups is 2. The SMILES string of the molecule is CCNC(=O)COc1ccc(/C=C(\C#N)C(=O)Nc2c(C)n(C)n(-c3ccccc3)c2=O)cc1OC. The first-order valence-corrected chi connectivity index (χ1v) is 11.1. The van der Waals surface area contributed by atoms with Crippen molar-refractivity contribution in [3.8, 4) is 23.3 Å². The molecule has 0 spiro atoms. The second-order valence-electron chi connectivity index (χ2n) is 7.71. The monoisotopic (exact) mass is 489 g/mol. The molecule has 0 aliphatic heterocycles. The third-order valence-electron chi connectivity index (χ3n) is 5.39. The van der Waals surface area contributed by atoms with Gasteiger partial charge in [-0.3, -0.25) is 19.1 Å². The molecule has 0 bridgehead atoms. The van der Waals surface area contributed by atoms with Crippen LogP contribution in [0.5, 0.6) is 11.5 Å². The van der Waals surface area contributed by atoms with Gasteiger partial charge in [-0.25, -0.2) is 4.68 Å². The molecule has 36 heavy (non-hydrogen) atoms. The van der Waals surface area contributed by atoms with Crippen molar-refractivity contribution in [2.24, 2.45) is 7.05 Å². The average Bonchev–Trinajstić information content (AvgIpc) is 3.09. The lowest BCUT2D eigenvalue weighted by Crippen LogP contribution is -2.28. The summed E-state index contributed by atoms with van der Waals surface area (Å²) < 4.78 is 13.9. The van der Waals surface area contributed by atoms with E-state index in [2.05, 4.69) is 10.6 Å². The molecule has 1 heterocycles. The molecule has 2 aromatic carbocycles. The average molecular weight is 490 g/mol. The lowest BCUT2D eigenvalue weighted by atomic mass is 10.1. The maximum absolute atomic E-state index is 13.1. The molecule has 0 saturated heterocycles. The summed E-state index contributed by atoms with van der Waals surface area (Å²) in [5.74, 6) is -0.325. The summed E-state index contributed by atoms with van der Waals surface area (Å²) >= 11 is 0. The van der Waals surface area contributed by atoms with Gasteiger partial charge in [-0.05, 0) is 49.8 Å². The van der Waals surface area contributed by atoms with E-state index in [9.17, 15) is 19.6 Å². The molecular formula is C26H27N5O5. The summed E-state index contributed by atoms with van der Waals surface area (Å²) in [6.45, 7) is 3.82. The van der Waals surface area contributed by atoms with Crippen LogP contribution >= 0.6 is 0 Å². The fourth-order valence-electron chi connectivity index (χ4n) is 3.49. The number of likely N-dealkylation sites (N-methyl/N-ethyl adjacent to an activating group) is 1. The molecule has 0 fully saturated rings. The molecule has 2 amide bonds. The van der Waals surface area contributed by atoms with Crippen LogP contribution in [0.3, 0.4) is 0 Å². The Morgan fingerprint density at radius 3 is 2.50 bits per heavy atom. The van der Waals surface area contributed by atoms with E-state index in [-0.39, 0.29) is 23.8 Å². The molecule has 0 aliphatic carbocycles. The molecule has 0 saturated carbocycles. The van der Waals surface area contributed by atoms with E-state index in [4.69, 9.17) is 9.47 Å². The van der Waals surface area contributed by atoms with E-state index in [1.54, 1.807) is 55.9 Å². The number of rotatable bonds is 9. The van der Waals surface area contributed by atoms with E-state index in [1.165, 1.54) is 17.9 Å². The molecule has 10 nitrogen and oxygen atoms in total. The highest BCUT2D eigenvalue weighted by molar-refractivity contribution is 6.09. The van der Waals surface area contributed by atoms with Crippen LogP contribution in [0, 0.1) is 18.3 Å². The first-order chi connectivity index (χ1) is 17.3. The molecule has 10 heteroatoms. The van der Waals surface area contributed by atoms with Crippen LogP contribution in [0.2, 0.25) is 0 Å². The van der Waals surface area contributed by atoms with E-state index in [0.29, 0.717) is 35.0 Å². The lowest BCUT2D eigenvalue weighted by molar-refractivity contribution is -0.123. The van der Waals surface area contributed by atoms with Crippen LogP contribution in [0.4, 0.5) is 5.69 Å². The minimum Gasteiger partial charge on any atom is -0.493 e. The van der Waals surface area contributed by atoms with Gasteiger partial charge in [0.05, 0.1) is 18.5 Å². The summed E-state index contributed by atoms with van der Waals surface area (Å²) in [5, 5.41) is 14.8. The van der Waals surface area contributed by atoms with Crippen LogP contribution in [0.15, 0.2) is 58.9 Å². The second-order valence-corrected chi connectivity index (χ2v) is 7.71. The van der Waals surface area contributed by atoms with Gasteiger partial charge in [0.2, 0.25) is 0 Å². The summed E-state index contributed by atoms with van der Waals surface area (Å²) in [6.07, 6.45) is 1.37. The third-order valence-corrected chi connectivity index (χ3v) is 5.39. The number of benzene rings is 2. The number of hydrogen-bond donors (Lipinski definition) is 2. The Morgan fingerprint density at radius 1 is 1.14 bits per heavy atom. The Bertz CT molecular complexity index is 1400. The number of nitrogens with one attached hydrogen (secondary N) is 2. The maximum Gasteiger partial charge on any atom is 0.295 e. The molecule has 186 valence electrons. The number of hydrogen-bond acceptors (Lipinski definition) is 6. The predicted molar refractivity (Wildman–Crippen MR) is 135 cm³/mol. The van der Waals surface area contributed by atoms with E-state index >= 15 is 0 Å². The molecular weight excluding hydrogens is 462 g/mol. The maximum atomic E-state index is 13.1. The molecule has 3 rings (SSSR count). The van der Waals surface area contributed by atoms with Crippen molar-refractivity contribution in [1.29, 1.82) is 5.26 Å². The van der Waals surface area contributed by atoms with Gasteiger partial charge >= 0.3 is 0 Å². The number of methoxy groups -OCH3 is 1. The normalized spacial score (nSPS) is 10.9. The van der Waals surface area contributed by atoms with Gasteiger partial charge < -0.3 is 20.1 Å². The van der Waals surface area contributed by atoms with Crippen molar-refractivity contribution in [2.75, 3.05) is 25.6 Å². The topological polar surface area (TPSA) is 127 Å². The highest BCUT2D eigenvalue weighted by Gasteiger charge is 2.20. The summed E-state index contributed by atoms with van der Waals surface area (Å²) in [7, 11) is 3.15.